The first-order chi connectivity index (χ1) is 9.13. The second-order valence-corrected chi connectivity index (χ2v) is 3.80. The molecule has 0 aliphatic rings. The molecule has 19 heavy (non-hydrogen) atoms. The number of esters is 1. The Morgan fingerprint density at radius 3 is 2.21 bits per heavy atom. The van der Waals surface area contributed by atoms with Crippen LogP contribution in [0.25, 0.3) is 5.70 Å². The van der Waals surface area contributed by atoms with Gasteiger partial charge in [-0.1, -0.05) is 30.3 Å². The zero-order chi connectivity index (χ0) is 13.8. The summed E-state index contributed by atoms with van der Waals surface area (Å²) in [6.45, 7) is 0. The Bertz CT molecular complexity index is 594. The lowest BCUT2D eigenvalue weighted by molar-refractivity contribution is -0.134. The van der Waals surface area contributed by atoms with Crippen LogP contribution < -0.4 is 0 Å². The molecule has 5 nitrogen and oxygen atoms in total. The van der Waals surface area contributed by atoms with Crippen LogP contribution in [-0.4, -0.2) is 27.9 Å². The molecule has 0 saturated carbocycles. The number of hydrogen-bond donors (Lipinski definition) is 2. The van der Waals surface area contributed by atoms with Gasteiger partial charge in [-0.2, -0.15) is 0 Å². The Labute approximate surface area is 110 Å². The van der Waals surface area contributed by atoms with E-state index in [2.05, 4.69) is 4.74 Å². The number of benzene rings is 1. The molecule has 2 N–H and O–H groups in total. The number of carbonyl (C=O) groups excluding carboxylic acids is 1. The minimum absolute atomic E-state index is 0.170. The molecule has 2 aromatic rings. The molecule has 0 atom stereocenters. The summed E-state index contributed by atoms with van der Waals surface area (Å²) in [4.78, 5) is 11.4. The van der Waals surface area contributed by atoms with E-state index < -0.39 is 5.97 Å². The van der Waals surface area contributed by atoms with Crippen molar-refractivity contribution in [3.8, 4) is 11.8 Å². The van der Waals surface area contributed by atoms with Gasteiger partial charge in [-0.25, -0.2) is 4.79 Å². The number of carbonyl (C=O) groups is 1. The highest BCUT2D eigenvalue weighted by atomic mass is 16.5. The van der Waals surface area contributed by atoms with Gasteiger partial charge in [0.15, 0.2) is 11.8 Å². The maximum Gasteiger partial charge on any atom is 0.332 e. The normalized spacial score (nSPS) is 11.3. The molecule has 0 unspecified atom stereocenters. The van der Waals surface area contributed by atoms with Crippen molar-refractivity contribution in [2.24, 2.45) is 0 Å². The number of aromatic nitrogens is 1. The molecule has 5 heteroatoms. The number of ether oxygens (including phenoxy) is 1. The molecule has 0 amide bonds. The van der Waals surface area contributed by atoms with Crippen molar-refractivity contribution in [1.29, 1.82) is 0 Å². The third-order valence-electron chi connectivity index (χ3n) is 2.61. The average Bonchev–Trinajstić information content (AvgIpc) is 2.76. The van der Waals surface area contributed by atoms with Gasteiger partial charge in [-0.05, 0) is 5.56 Å². The summed E-state index contributed by atoms with van der Waals surface area (Å²) in [6, 6.07) is 11.6. The van der Waals surface area contributed by atoms with Crippen LogP contribution in [0.2, 0.25) is 0 Å². The maximum absolute atomic E-state index is 11.4. The van der Waals surface area contributed by atoms with Crippen LogP contribution in [-0.2, 0) is 9.53 Å². The Kier molecular flexibility index (Phi) is 3.56. The summed E-state index contributed by atoms with van der Waals surface area (Å²) in [5.41, 5.74) is 0.988. The standard InChI is InChI=1S/C14H13NO4/c1-19-14(18)9-11(10-5-3-2-4-6-10)15-12(16)7-8-13(15)17/h2-9,16-17H,1H3. The second kappa shape index (κ2) is 5.30. The topological polar surface area (TPSA) is 71.7 Å². The lowest BCUT2D eigenvalue weighted by atomic mass is 10.1. The fraction of sp³-hybridized carbons (Fsp3) is 0.0714. The number of rotatable bonds is 3. The highest BCUT2D eigenvalue weighted by Gasteiger charge is 2.14. The number of hydrogen-bond acceptors (Lipinski definition) is 4. The summed E-state index contributed by atoms with van der Waals surface area (Å²) in [5, 5.41) is 19.5. The number of methoxy groups -OCH3 is 1. The van der Waals surface area contributed by atoms with Crippen molar-refractivity contribution in [3.63, 3.8) is 0 Å². The average molecular weight is 259 g/mol. The van der Waals surface area contributed by atoms with Gasteiger partial charge < -0.3 is 14.9 Å². The monoisotopic (exact) mass is 259 g/mol. The highest BCUT2D eigenvalue weighted by molar-refractivity contribution is 5.91. The predicted molar refractivity (Wildman–Crippen MR) is 69.6 cm³/mol. The van der Waals surface area contributed by atoms with E-state index in [1.54, 1.807) is 24.3 Å². The molecule has 0 bridgehead atoms. The van der Waals surface area contributed by atoms with E-state index in [4.69, 9.17) is 0 Å². The van der Waals surface area contributed by atoms with Crippen molar-refractivity contribution in [2.45, 2.75) is 0 Å². The lowest BCUT2D eigenvalue weighted by Gasteiger charge is -2.11. The van der Waals surface area contributed by atoms with Crippen molar-refractivity contribution in [3.05, 3.63) is 54.1 Å². The molecule has 0 fully saturated rings. The van der Waals surface area contributed by atoms with Gasteiger partial charge >= 0.3 is 5.97 Å². The first kappa shape index (κ1) is 12.8. The third kappa shape index (κ3) is 2.60. The Hall–Kier alpha value is -2.69. The van der Waals surface area contributed by atoms with E-state index in [1.165, 1.54) is 25.3 Å². The zero-order valence-corrected chi connectivity index (χ0v) is 10.3. The Balaban J connectivity index is 2.60. The molecule has 1 heterocycles. The molecule has 0 radical (unpaired) electrons. The summed E-state index contributed by atoms with van der Waals surface area (Å²) >= 11 is 0. The smallest absolute Gasteiger partial charge is 0.332 e. The molecule has 0 aliphatic heterocycles. The molecule has 98 valence electrons. The first-order valence-electron chi connectivity index (χ1n) is 5.58. The largest absolute Gasteiger partial charge is 0.494 e. The molecular formula is C14H13NO4. The van der Waals surface area contributed by atoms with E-state index in [9.17, 15) is 15.0 Å². The SMILES string of the molecule is COC(=O)C=C(c1ccccc1)n1c(O)ccc1O. The molecular weight excluding hydrogens is 246 g/mol. The molecule has 0 spiro atoms. The fourth-order valence-electron chi connectivity index (χ4n) is 1.72. The molecule has 2 rings (SSSR count). The van der Waals surface area contributed by atoms with Crippen LogP contribution in [0, 0.1) is 0 Å². The molecule has 1 aromatic carbocycles. The Morgan fingerprint density at radius 1 is 1.11 bits per heavy atom. The fourth-order valence-corrected chi connectivity index (χ4v) is 1.72. The summed E-state index contributed by atoms with van der Waals surface area (Å²) in [5.74, 6) is -0.917. The maximum atomic E-state index is 11.4. The lowest BCUT2D eigenvalue weighted by Crippen LogP contribution is -2.03. The summed E-state index contributed by atoms with van der Waals surface area (Å²) in [6.07, 6.45) is 1.20. The molecule has 1 aromatic heterocycles. The summed E-state index contributed by atoms with van der Waals surface area (Å²) in [7, 11) is 1.26. The van der Waals surface area contributed by atoms with E-state index in [0.717, 1.165) is 4.57 Å². The van der Waals surface area contributed by atoms with Gasteiger partial charge in [-0.3, -0.25) is 4.57 Å². The van der Waals surface area contributed by atoms with Gasteiger partial charge in [0.2, 0.25) is 0 Å². The van der Waals surface area contributed by atoms with Crippen LogP contribution in [0.4, 0.5) is 0 Å². The summed E-state index contributed by atoms with van der Waals surface area (Å²) < 4.78 is 5.75. The second-order valence-electron chi connectivity index (χ2n) is 3.80. The number of aromatic hydroxyl groups is 2. The quantitative estimate of drug-likeness (QED) is 0.653. The first-order valence-corrected chi connectivity index (χ1v) is 5.58. The van der Waals surface area contributed by atoms with Crippen LogP contribution in [0.15, 0.2) is 48.5 Å². The minimum atomic E-state index is -0.577. The van der Waals surface area contributed by atoms with Crippen molar-refractivity contribution < 1.29 is 19.7 Å². The number of nitrogens with zero attached hydrogens (tertiary/aromatic N) is 1. The zero-order valence-electron chi connectivity index (χ0n) is 10.3. The minimum Gasteiger partial charge on any atom is -0.494 e. The highest BCUT2D eigenvalue weighted by Crippen LogP contribution is 2.30. The van der Waals surface area contributed by atoms with Gasteiger partial charge in [0.1, 0.15) is 0 Å². The van der Waals surface area contributed by atoms with E-state index >= 15 is 0 Å². The van der Waals surface area contributed by atoms with Crippen LogP contribution in [0.5, 0.6) is 11.8 Å². The van der Waals surface area contributed by atoms with Crippen LogP contribution in [0.3, 0.4) is 0 Å². The van der Waals surface area contributed by atoms with Gasteiger partial charge in [0, 0.05) is 18.2 Å². The molecule has 0 aliphatic carbocycles. The molecule has 0 saturated heterocycles. The Morgan fingerprint density at radius 2 is 1.68 bits per heavy atom. The van der Waals surface area contributed by atoms with Crippen molar-refractivity contribution in [1.82, 2.24) is 4.57 Å². The third-order valence-corrected chi connectivity index (χ3v) is 2.61. The van der Waals surface area contributed by atoms with E-state index in [1.807, 2.05) is 6.07 Å². The van der Waals surface area contributed by atoms with Crippen LogP contribution >= 0.6 is 0 Å². The van der Waals surface area contributed by atoms with Gasteiger partial charge in [0.05, 0.1) is 12.8 Å². The van der Waals surface area contributed by atoms with Crippen molar-refractivity contribution >= 4 is 11.7 Å². The van der Waals surface area contributed by atoms with Gasteiger partial charge in [0.25, 0.3) is 0 Å². The van der Waals surface area contributed by atoms with Crippen molar-refractivity contribution in [2.75, 3.05) is 7.11 Å². The van der Waals surface area contributed by atoms with Gasteiger partial charge in [-0.15, -0.1) is 0 Å². The van der Waals surface area contributed by atoms with Crippen LogP contribution in [0.1, 0.15) is 5.56 Å². The predicted octanol–water partition coefficient (Wildman–Crippen LogP) is 1.96. The van der Waals surface area contributed by atoms with E-state index in [-0.39, 0.29) is 11.8 Å². The van der Waals surface area contributed by atoms with E-state index in [0.29, 0.717) is 11.3 Å².